The van der Waals surface area contributed by atoms with Gasteiger partial charge in [0, 0.05) is 5.69 Å². The molecule has 0 heterocycles. The lowest BCUT2D eigenvalue weighted by molar-refractivity contribution is -0.143. The van der Waals surface area contributed by atoms with Crippen LogP contribution < -0.4 is 5.32 Å². The third-order valence-corrected chi connectivity index (χ3v) is 5.36. The molecule has 0 aliphatic carbocycles. The zero-order valence-corrected chi connectivity index (χ0v) is 20.6. The lowest BCUT2D eigenvalue weighted by atomic mass is 10.1. The van der Waals surface area contributed by atoms with Crippen molar-refractivity contribution < 1.29 is 32.0 Å². The summed E-state index contributed by atoms with van der Waals surface area (Å²) in [6, 6.07) is 11.3. The monoisotopic (exact) mass is 489 g/mol. The molecule has 0 spiro atoms. The Hall–Kier alpha value is -3.17. The predicted molar refractivity (Wildman–Crippen MR) is 131 cm³/mol. The van der Waals surface area contributed by atoms with Crippen molar-refractivity contribution in [2.45, 2.75) is 39.0 Å². The van der Waals surface area contributed by atoms with Gasteiger partial charge in [0.05, 0.1) is 19.6 Å². The average Bonchev–Trinajstić information content (AvgIpc) is 2.75. The predicted octanol–water partition coefficient (Wildman–Crippen LogP) is 5.05. The molecule has 2 aromatic carbocycles. The van der Waals surface area contributed by atoms with Gasteiger partial charge in [-0.1, -0.05) is 70.2 Å². The Kier molecular flexibility index (Phi) is 9.83. The molecule has 0 bridgehead atoms. The standard InChI is InChI=1S/C25H31NO7S/c1-17(2)15-32-24(27)13-20-7-5-19(6-8-20)9-10-21-11-12-22(14-23(21)34(29,30)31)26-25(28)33-16-18(3)4/h5-12,14,17-18H,13,15-16H2,1-4H3,(H,26,28)(H,29,30,31)/b10-9+. The van der Waals surface area contributed by atoms with Gasteiger partial charge in [0.25, 0.3) is 10.1 Å². The SMILES string of the molecule is CC(C)COC(=O)Cc1ccc(/C=C/c2ccc(NC(=O)OCC(C)C)cc2S(=O)(=O)O)cc1. The number of ether oxygens (including phenoxy) is 2. The molecule has 184 valence electrons. The van der Waals surface area contributed by atoms with E-state index in [4.69, 9.17) is 9.47 Å². The van der Waals surface area contributed by atoms with Crippen molar-refractivity contribution in [3.8, 4) is 0 Å². The van der Waals surface area contributed by atoms with E-state index in [-0.39, 0.29) is 47.0 Å². The number of rotatable bonds is 10. The maximum atomic E-state index is 11.9. The van der Waals surface area contributed by atoms with Crippen LogP contribution in [-0.2, 0) is 30.8 Å². The molecule has 2 aromatic rings. The van der Waals surface area contributed by atoms with Crippen molar-refractivity contribution in [1.29, 1.82) is 0 Å². The lowest BCUT2D eigenvalue weighted by Gasteiger charge is -2.10. The molecule has 0 saturated carbocycles. The summed E-state index contributed by atoms with van der Waals surface area (Å²) in [4.78, 5) is 23.3. The van der Waals surface area contributed by atoms with Crippen LogP contribution in [0.4, 0.5) is 10.5 Å². The average molecular weight is 490 g/mol. The number of hydrogen-bond acceptors (Lipinski definition) is 6. The van der Waals surface area contributed by atoms with Gasteiger partial charge in [-0.15, -0.1) is 0 Å². The number of amides is 1. The molecule has 0 aromatic heterocycles. The molecule has 2 rings (SSSR count). The summed E-state index contributed by atoms with van der Waals surface area (Å²) in [5, 5.41) is 2.45. The van der Waals surface area contributed by atoms with Crippen LogP contribution in [0.5, 0.6) is 0 Å². The molecule has 9 heteroatoms. The zero-order chi connectivity index (χ0) is 25.3. The van der Waals surface area contributed by atoms with Gasteiger partial charge >= 0.3 is 12.1 Å². The summed E-state index contributed by atoms with van der Waals surface area (Å²) < 4.78 is 43.6. The fraction of sp³-hybridized carbons (Fsp3) is 0.360. The number of nitrogens with one attached hydrogen (secondary N) is 1. The van der Waals surface area contributed by atoms with E-state index in [2.05, 4.69) is 5.32 Å². The Labute approximate surface area is 200 Å². The van der Waals surface area contributed by atoms with Crippen LogP contribution in [0.1, 0.15) is 44.4 Å². The summed E-state index contributed by atoms with van der Waals surface area (Å²) in [6.45, 7) is 8.31. The van der Waals surface area contributed by atoms with Gasteiger partial charge in [0.1, 0.15) is 4.90 Å². The fourth-order valence-electron chi connectivity index (χ4n) is 2.78. The van der Waals surface area contributed by atoms with E-state index < -0.39 is 16.2 Å². The summed E-state index contributed by atoms with van der Waals surface area (Å²) in [7, 11) is -4.55. The van der Waals surface area contributed by atoms with Crippen LogP contribution in [0, 0.1) is 11.8 Å². The second kappa shape index (κ2) is 12.3. The van der Waals surface area contributed by atoms with Crippen molar-refractivity contribution in [3.63, 3.8) is 0 Å². The number of carbonyl (C=O) groups excluding carboxylic acids is 2. The third-order valence-electron chi connectivity index (χ3n) is 4.45. The van der Waals surface area contributed by atoms with Crippen LogP contribution >= 0.6 is 0 Å². The number of carbonyl (C=O) groups is 2. The van der Waals surface area contributed by atoms with Gasteiger partial charge in [-0.3, -0.25) is 14.7 Å². The second-order valence-corrected chi connectivity index (χ2v) is 10.1. The molecule has 0 unspecified atom stereocenters. The first-order chi connectivity index (χ1) is 15.9. The van der Waals surface area contributed by atoms with E-state index in [9.17, 15) is 22.6 Å². The van der Waals surface area contributed by atoms with Crippen molar-refractivity contribution >= 4 is 40.0 Å². The molecule has 2 N–H and O–H groups in total. The highest BCUT2D eigenvalue weighted by Gasteiger charge is 2.16. The van der Waals surface area contributed by atoms with E-state index in [1.54, 1.807) is 30.3 Å². The van der Waals surface area contributed by atoms with Gasteiger partial charge in [0.2, 0.25) is 0 Å². The highest BCUT2D eigenvalue weighted by atomic mass is 32.2. The Morgan fingerprint density at radius 3 is 2.15 bits per heavy atom. The van der Waals surface area contributed by atoms with E-state index in [1.165, 1.54) is 18.2 Å². The van der Waals surface area contributed by atoms with Crippen LogP contribution in [-0.4, -0.2) is 38.2 Å². The number of hydrogen-bond donors (Lipinski definition) is 2. The number of benzene rings is 2. The van der Waals surface area contributed by atoms with Gasteiger partial charge in [-0.2, -0.15) is 8.42 Å². The van der Waals surface area contributed by atoms with Crippen molar-refractivity contribution in [1.82, 2.24) is 0 Å². The summed E-state index contributed by atoms with van der Waals surface area (Å²) in [5.74, 6) is 0.128. The molecular weight excluding hydrogens is 458 g/mol. The molecule has 1 amide bonds. The quantitative estimate of drug-likeness (QED) is 0.272. The highest BCUT2D eigenvalue weighted by molar-refractivity contribution is 7.86. The fourth-order valence-corrected chi connectivity index (χ4v) is 3.49. The minimum Gasteiger partial charge on any atom is -0.465 e. The molecule has 0 aliphatic heterocycles. The molecular formula is C25H31NO7S. The minimum atomic E-state index is -4.55. The van der Waals surface area contributed by atoms with E-state index in [1.807, 2.05) is 27.7 Å². The maximum absolute atomic E-state index is 11.9. The van der Waals surface area contributed by atoms with Crippen LogP contribution in [0.3, 0.4) is 0 Å². The van der Waals surface area contributed by atoms with Crippen LogP contribution in [0.25, 0.3) is 12.2 Å². The number of esters is 1. The summed E-state index contributed by atoms with van der Waals surface area (Å²) in [6.07, 6.45) is 2.66. The van der Waals surface area contributed by atoms with E-state index >= 15 is 0 Å². The molecule has 0 fully saturated rings. The van der Waals surface area contributed by atoms with Crippen molar-refractivity contribution in [2.24, 2.45) is 11.8 Å². The highest BCUT2D eigenvalue weighted by Crippen LogP contribution is 2.23. The topological polar surface area (TPSA) is 119 Å². The number of anilines is 1. The molecule has 0 atom stereocenters. The first kappa shape index (κ1) is 27.1. The minimum absolute atomic E-state index is 0.152. The Bertz CT molecular complexity index is 1120. The molecule has 0 radical (unpaired) electrons. The smallest absolute Gasteiger partial charge is 0.411 e. The van der Waals surface area contributed by atoms with Crippen molar-refractivity contribution in [3.05, 3.63) is 59.2 Å². The third kappa shape index (κ3) is 9.36. The normalized spacial score (nSPS) is 11.7. The largest absolute Gasteiger partial charge is 0.465 e. The van der Waals surface area contributed by atoms with Gasteiger partial charge in [-0.25, -0.2) is 4.79 Å². The lowest BCUT2D eigenvalue weighted by Crippen LogP contribution is -2.17. The molecule has 34 heavy (non-hydrogen) atoms. The van der Waals surface area contributed by atoms with Crippen LogP contribution in [0.15, 0.2) is 47.4 Å². The Morgan fingerprint density at radius 1 is 0.941 bits per heavy atom. The van der Waals surface area contributed by atoms with E-state index in [0.29, 0.717) is 6.61 Å². The van der Waals surface area contributed by atoms with Gasteiger partial charge in [-0.05, 0) is 40.7 Å². The Morgan fingerprint density at radius 2 is 1.56 bits per heavy atom. The summed E-state index contributed by atoms with van der Waals surface area (Å²) >= 11 is 0. The molecule has 0 aliphatic rings. The van der Waals surface area contributed by atoms with Crippen molar-refractivity contribution in [2.75, 3.05) is 18.5 Å². The first-order valence-corrected chi connectivity index (χ1v) is 12.4. The van der Waals surface area contributed by atoms with Crippen LogP contribution in [0.2, 0.25) is 0 Å². The zero-order valence-electron chi connectivity index (χ0n) is 19.8. The maximum Gasteiger partial charge on any atom is 0.411 e. The summed E-state index contributed by atoms with van der Waals surface area (Å²) in [5.41, 5.74) is 1.97. The molecule has 8 nitrogen and oxygen atoms in total. The Balaban J connectivity index is 2.12. The van der Waals surface area contributed by atoms with Gasteiger partial charge < -0.3 is 9.47 Å². The first-order valence-electron chi connectivity index (χ1n) is 10.9. The second-order valence-electron chi connectivity index (χ2n) is 8.67. The van der Waals surface area contributed by atoms with Gasteiger partial charge in [0.15, 0.2) is 0 Å². The molecule has 0 saturated heterocycles. The van der Waals surface area contributed by atoms with E-state index in [0.717, 1.165) is 17.2 Å².